The molecule has 0 radical (unpaired) electrons. The first-order chi connectivity index (χ1) is 15.6. The number of nitrogens with zero attached hydrogens (tertiary/aromatic N) is 6. The second-order valence-corrected chi connectivity index (χ2v) is 8.09. The summed E-state index contributed by atoms with van der Waals surface area (Å²) in [4.78, 5) is 23.3. The molecule has 32 heavy (non-hydrogen) atoms. The highest BCUT2D eigenvalue weighted by Crippen LogP contribution is 2.36. The predicted molar refractivity (Wildman–Crippen MR) is 124 cm³/mol. The van der Waals surface area contributed by atoms with Crippen molar-refractivity contribution in [3.05, 3.63) is 59.6 Å². The van der Waals surface area contributed by atoms with E-state index in [0.717, 1.165) is 33.6 Å². The maximum Gasteiger partial charge on any atom is 0.265 e. The van der Waals surface area contributed by atoms with Crippen LogP contribution in [0.25, 0.3) is 33.1 Å². The van der Waals surface area contributed by atoms with Crippen LogP contribution in [-0.2, 0) is 0 Å². The molecular weight excluding hydrogens is 424 g/mol. The molecule has 9 nitrogen and oxygen atoms in total. The molecule has 0 unspecified atom stereocenters. The Morgan fingerprint density at radius 3 is 2.81 bits per heavy atom. The monoisotopic (exact) mass is 444 g/mol. The van der Waals surface area contributed by atoms with Crippen LogP contribution < -0.4 is 11.1 Å². The Morgan fingerprint density at radius 1 is 1.16 bits per heavy atom. The average Bonchev–Trinajstić information content (AvgIpc) is 3.45. The van der Waals surface area contributed by atoms with Gasteiger partial charge in [-0.2, -0.15) is 4.98 Å². The first-order valence-corrected chi connectivity index (χ1v) is 11.0. The second kappa shape index (κ2) is 8.31. The van der Waals surface area contributed by atoms with Crippen molar-refractivity contribution in [1.82, 2.24) is 30.1 Å². The summed E-state index contributed by atoms with van der Waals surface area (Å²) in [5, 5.41) is 10.5. The SMILES string of the molecule is CC[C@H](Nc1ncnc(N)c1-c1nc(C)no1)c1cc2ccsc2nc1-c1ccccn1. The molecule has 0 aliphatic heterocycles. The van der Waals surface area contributed by atoms with E-state index in [2.05, 4.69) is 49.5 Å². The standard InChI is InChI=1S/C22H20N8OS/c1-3-15(28-20-17(19(23)25-11-26-20)21-27-12(2)30-31-21)14-10-13-7-9-32-22(13)29-18(14)16-6-4-5-8-24-16/h4-11,15H,3H2,1-2H3,(H3,23,25,26,28)/t15-/m0/s1. The third-order valence-electron chi connectivity index (χ3n) is 5.09. The number of nitrogens with two attached hydrogens (primary N) is 1. The first kappa shape index (κ1) is 20.0. The number of aryl methyl sites for hydroxylation is 1. The average molecular weight is 445 g/mol. The van der Waals surface area contributed by atoms with Crippen molar-refractivity contribution in [2.75, 3.05) is 11.1 Å². The number of rotatable bonds is 6. The van der Waals surface area contributed by atoms with Crippen molar-refractivity contribution >= 4 is 33.2 Å². The number of hydrogen-bond donors (Lipinski definition) is 2. The molecular formula is C22H20N8OS. The van der Waals surface area contributed by atoms with E-state index in [9.17, 15) is 0 Å². The van der Waals surface area contributed by atoms with Gasteiger partial charge < -0.3 is 15.6 Å². The molecule has 3 N–H and O–H groups in total. The van der Waals surface area contributed by atoms with Gasteiger partial charge in [0.05, 0.1) is 17.4 Å². The van der Waals surface area contributed by atoms with Gasteiger partial charge in [-0.3, -0.25) is 4.98 Å². The lowest BCUT2D eigenvalue weighted by atomic mass is 9.99. The molecule has 0 aliphatic rings. The van der Waals surface area contributed by atoms with Gasteiger partial charge >= 0.3 is 0 Å². The van der Waals surface area contributed by atoms with E-state index in [4.69, 9.17) is 15.2 Å². The summed E-state index contributed by atoms with van der Waals surface area (Å²) in [5.74, 6) is 1.56. The Morgan fingerprint density at radius 2 is 2.06 bits per heavy atom. The first-order valence-electron chi connectivity index (χ1n) is 10.1. The van der Waals surface area contributed by atoms with E-state index in [1.807, 2.05) is 23.6 Å². The number of thiophene rings is 1. The maximum absolute atomic E-state index is 6.16. The van der Waals surface area contributed by atoms with Crippen LogP contribution in [-0.4, -0.2) is 30.1 Å². The molecule has 1 atom stereocenters. The van der Waals surface area contributed by atoms with Gasteiger partial charge in [-0.1, -0.05) is 18.1 Å². The van der Waals surface area contributed by atoms with Crippen molar-refractivity contribution in [3.8, 4) is 22.8 Å². The minimum Gasteiger partial charge on any atom is -0.383 e. The van der Waals surface area contributed by atoms with Crippen molar-refractivity contribution in [1.29, 1.82) is 0 Å². The van der Waals surface area contributed by atoms with E-state index >= 15 is 0 Å². The highest BCUT2D eigenvalue weighted by molar-refractivity contribution is 7.16. The largest absolute Gasteiger partial charge is 0.383 e. The zero-order chi connectivity index (χ0) is 22.1. The van der Waals surface area contributed by atoms with Crippen LogP contribution in [0.2, 0.25) is 0 Å². The quantitative estimate of drug-likeness (QED) is 0.384. The Hall–Kier alpha value is -3.92. The van der Waals surface area contributed by atoms with Crippen LogP contribution in [0.15, 0.2) is 52.8 Å². The Balaban J connectivity index is 1.62. The summed E-state index contributed by atoms with van der Waals surface area (Å²) in [6.45, 7) is 3.84. The fourth-order valence-electron chi connectivity index (χ4n) is 3.57. The number of anilines is 2. The van der Waals surface area contributed by atoms with E-state index in [1.165, 1.54) is 6.33 Å². The molecule has 10 heteroatoms. The van der Waals surface area contributed by atoms with Gasteiger partial charge in [0.25, 0.3) is 5.89 Å². The number of hydrogen-bond acceptors (Lipinski definition) is 10. The summed E-state index contributed by atoms with van der Waals surface area (Å²) in [7, 11) is 0. The lowest BCUT2D eigenvalue weighted by Crippen LogP contribution is -2.15. The minimum atomic E-state index is -0.124. The zero-order valence-electron chi connectivity index (χ0n) is 17.5. The van der Waals surface area contributed by atoms with Gasteiger partial charge in [0.1, 0.15) is 28.4 Å². The summed E-state index contributed by atoms with van der Waals surface area (Å²) in [6, 6.07) is 9.92. The van der Waals surface area contributed by atoms with Crippen LogP contribution in [0.5, 0.6) is 0 Å². The Bertz CT molecular complexity index is 1380. The topological polar surface area (TPSA) is 129 Å². The summed E-state index contributed by atoms with van der Waals surface area (Å²) < 4.78 is 5.35. The predicted octanol–water partition coefficient (Wildman–Crippen LogP) is 4.65. The summed E-state index contributed by atoms with van der Waals surface area (Å²) in [6.07, 6.45) is 3.95. The number of nitrogens with one attached hydrogen (secondary N) is 1. The molecule has 0 spiro atoms. The van der Waals surface area contributed by atoms with Crippen LogP contribution in [0.3, 0.4) is 0 Å². The molecule has 5 rings (SSSR count). The molecule has 5 aromatic rings. The van der Waals surface area contributed by atoms with E-state index in [1.54, 1.807) is 24.5 Å². The van der Waals surface area contributed by atoms with Crippen LogP contribution in [0, 0.1) is 6.92 Å². The highest BCUT2D eigenvalue weighted by atomic mass is 32.1. The summed E-state index contributed by atoms with van der Waals surface area (Å²) >= 11 is 1.61. The molecule has 5 aromatic heterocycles. The molecule has 160 valence electrons. The molecule has 0 bridgehead atoms. The second-order valence-electron chi connectivity index (χ2n) is 7.19. The minimum absolute atomic E-state index is 0.124. The number of aromatic nitrogens is 6. The molecule has 0 amide bonds. The third-order valence-corrected chi connectivity index (χ3v) is 5.91. The fourth-order valence-corrected chi connectivity index (χ4v) is 4.32. The molecule has 5 heterocycles. The van der Waals surface area contributed by atoms with E-state index in [0.29, 0.717) is 17.2 Å². The van der Waals surface area contributed by atoms with Gasteiger partial charge in [0, 0.05) is 17.1 Å². The Kier molecular flexibility index (Phi) is 5.20. The van der Waals surface area contributed by atoms with Gasteiger partial charge in [-0.15, -0.1) is 11.3 Å². The normalized spacial score (nSPS) is 12.2. The van der Waals surface area contributed by atoms with Gasteiger partial charge in [0.15, 0.2) is 5.82 Å². The Labute approximate surface area is 187 Å². The van der Waals surface area contributed by atoms with Crippen LogP contribution >= 0.6 is 11.3 Å². The molecule has 0 saturated heterocycles. The number of fused-ring (bicyclic) bond motifs is 1. The van der Waals surface area contributed by atoms with Crippen molar-refractivity contribution < 1.29 is 4.52 Å². The van der Waals surface area contributed by atoms with Crippen molar-refractivity contribution in [3.63, 3.8) is 0 Å². The number of nitrogen functional groups attached to an aromatic ring is 1. The van der Waals surface area contributed by atoms with Crippen LogP contribution in [0.4, 0.5) is 11.6 Å². The molecule has 0 aliphatic carbocycles. The van der Waals surface area contributed by atoms with Crippen molar-refractivity contribution in [2.45, 2.75) is 26.3 Å². The fraction of sp³-hybridized carbons (Fsp3) is 0.182. The zero-order valence-corrected chi connectivity index (χ0v) is 18.3. The van der Waals surface area contributed by atoms with E-state index < -0.39 is 0 Å². The smallest absolute Gasteiger partial charge is 0.265 e. The third kappa shape index (κ3) is 3.65. The number of pyridine rings is 2. The van der Waals surface area contributed by atoms with Gasteiger partial charge in [-0.05, 0) is 43.0 Å². The highest BCUT2D eigenvalue weighted by Gasteiger charge is 2.23. The molecule has 0 saturated carbocycles. The van der Waals surface area contributed by atoms with Gasteiger partial charge in [0.2, 0.25) is 0 Å². The summed E-state index contributed by atoms with van der Waals surface area (Å²) in [5.41, 5.74) is 9.30. The van der Waals surface area contributed by atoms with E-state index in [-0.39, 0.29) is 17.8 Å². The maximum atomic E-state index is 6.16. The van der Waals surface area contributed by atoms with Gasteiger partial charge in [-0.25, -0.2) is 15.0 Å². The molecule has 0 fully saturated rings. The lowest BCUT2D eigenvalue weighted by molar-refractivity contribution is 0.425. The lowest BCUT2D eigenvalue weighted by Gasteiger charge is -2.22. The molecule has 0 aromatic carbocycles. The van der Waals surface area contributed by atoms with Crippen molar-refractivity contribution in [2.24, 2.45) is 0 Å². The van der Waals surface area contributed by atoms with Crippen LogP contribution in [0.1, 0.15) is 30.8 Å².